The fourth-order valence-electron chi connectivity index (χ4n) is 1.77. The number of hydrogen-bond acceptors (Lipinski definition) is 2. The second kappa shape index (κ2) is 4.25. The number of rotatable bonds is 0. The first-order chi connectivity index (χ1) is 6.68. The molecule has 1 aromatic carbocycles. The molecule has 0 amide bonds. The van der Waals surface area contributed by atoms with Crippen LogP contribution >= 0.6 is 27.7 Å². The van der Waals surface area contributed by atoms with E-state index in [2.05, 4.69) is 22.9 Å². The number of aliphatic hydroxyl groups is 1. The van der Waals surface area contributed by atoms with Gasteiger partial charge in [-0.15, -0.1) is 0 Å². The molecule has 0 aromatic heterocycles. The van der Waals surface area contributed by atoms with Crippen molar-refractivity contribution in [2.45, 2.75) is 30.5 Å². The zero-order valence-electron chi connectivity index (χ0n) is 8.03. The first-order valence-electron chi connectivity index (χ1n) is 4.75. The van der Waals surface area contributed by atoms with Crippen LogP contribution in [0.15, 0.2) is 22.7 Å². The van der Waals surface area contributed by atoms with E-state index in [1.807, 2.05) is 30.0 Å². The van der Waals surface area contributed by atoms with Crippen molar-refractivity contribution in [1.82, 2.24) is 0 Å². The van der Waals surface area contributed by atoms with Gasteiger partial charge in [0.25, 0.3) is 0 Å². The van der Waals surface area contributed by atoms with E-state index in [0.717, 1.165) is 22.2 Å². The normalized spacial score (nSPS) is 26.8. The van der Waals surface area contributed by atoms with Gasteiger partial charge in [-0.05, 0) is 23.6 Å². The number of fused-ring (bicyclic) bond motifs is 1. The van der Waals surface area contributed by atoms with Gasteiger partial charge in [0.1, 0.15) is 0 Å². The van der Waals surface area contributed by atoms with E-state index in [1.54, 1.807) is 0 Å². The van der Waals surface area contributed by atoms with Crippen LogP contribution in [0, 0.1) is 0 Å². The average Bonchev–Trinajstić information content (AvgIpc) is 2.28. The summed E-state index contributed by atoms with van der Waals surface area (Å²) in [5.41, 5.74) is 2.35. The van der Waals surface area contributed by atoms with Crippen LogP contribution in [-0.4, -0.2) is 10.4 Å². The largest absolute Gasteiger partial charge is 0.388 e. The Morgan fingerprint density at radius 3 is 3.07 bits per heavy atom. The number of halogens is 1. The van der Waals surface area contributed by atoms with Gasteiger partial charge in [-0.1, -0.05) is 35.0 Å². The standard InChI is InChI=1S/C11H13BrOS/c1-7-5-11(13)8-3-2-4-10(12)9(8)6-14-7/h2-4,7,11,13H,5-6H2,1H3/t7?,11-/m0/s1. The van der Waals surface area contributed by atoms with Crippen LogP contribution in [0.5, 0.6) is 0 Å². The predicted octanol–water partition coefficient (Wildman–Crippen LogP) is 3.51. The summed E-state index contributed by atoms with van der Waals surface area (Å²) in [5.74, 6) is 0.995. The van der Waals surface area contributed by atoms with Crippen molar-refractivity contribution < 1.29 is 5.11 Å². The summed E-state index contributed by atoms with van der Waals surface area (Å²) in [5, 5.41) is 10.5. The van der Waals surface area contributed by atoms with Crippen LogP contribution in [0.4, 0.5) is 0 Å². The van der Waals surface area contributed by atoms with Crippen molar-refractivity contribution in [3.63, 3.8) is 0 Å². The number of hydrogen-bond donors (Lipinski definition) is 1. The van der Waals surface area contributed by atoms with Gasteiger partial charge in [-0.25, -0.2) is 0 Å². The van der Waals surface area contributed by atoms with E-state index in [-0.39, 0.29) is 6.10 Å². The van der Waals surface area contributed by atoms with E-state index < -0.39 is 0 Å². The van der Waals surface area contributed by atoms with Crippen molar-refractivity contribution in [3.05, 3.63) is 33.8 Å². The zero-order chi connectivity index (χ0) is 10.1. The Labute approximate surface area is 97.0 Å². The Hall–Kier alpha value is 0.01000. The Morgan fingerprint density at radius 1 is 1.50 bits per heavy atom. The molecule has 1 nitrogen and oxygen atoms in total. The minimum atomic E-state index is -0.299. The Kier molecular flexibility index (Phi) is 3.20. The predicted molar refractivity (Wildman–Crippen MR) is 64.5 cm³/mol. The van der Waals surface area contributed by atoms with Crippen LogP contribution in [-0.2, 0) is 5.75 Å². The molecular formula is C11H13BrOS. The van der Waals surface area contributed by atoms with Crippen molar-refractivity contribution in [2.75, 3.05) is 0 Å². The summed E-state index contributed by atoms with van der Waals surface area (Å²) < 4.78 is 1.12. The lowest BCUT2D eigenvalue weighted by molar-refractivity contribution is 0.168. The molecule has 2 atom stereocenters. The molecule has 14 heavy (non-hydrogen) atoms. The third-order valence-corrected chi connectivity index (χ3v) is 4.54. The average molecular weight is 273 g/mol. The van der Waals surface area contributed by atoms with Gasteiger partial charge < -0.3 is 5.11 Å². The van der Waals surface area contributed by atoms with Gasteiger partial charge in [-0.3, -0.25) is 0 Å². The van der Waals surface area contributed by atoms with E-state index in [9.17, 15) is 5.11 Å². The fraction of sp³-hybridized carbons (Fsp3) is 0.455. The van der Waals surface area contributed by atoms with Crippen LogP contribution in [0.1, 0.15) is 30.6 Å². The highest BCUT2D eigenvalue weighted by molar-refractivity contribution is 9.10. The highest BCUT2D eigenvalue weighted by Gasteiger charge is 2.21. The molecule has 1 heterocycles. The lowest BCUT2D eigenvalue weighted by Gasteiger charge is -2.12. The second-order valence-electron chi connectivity index (χ2n) is 3.68. The van der Waals surface area contributed by atoms with Gasteiger partial charge in [-0.2, -0.15) is 11.8 Å². The molecule has 2 rings (SSSR count). The van der Waals surface area contributed by atoms with E-state index >= 15 is 0 Å². The Morgan fingerprint density at radius 2 is 2.29 bits per heavy atom. The maximum atomic E-state index is 10.0. The Balaban J connectivity index is 2.43. The molecule has 0 spiro atoms. The maximum absolute atomic E-state index is 10.0. The van der Waals surface area contributed by atoms with Crippen LogP contribution in [0.25, 0.3) is 0 Å². The van der Waals surface area contributed by atoms with Crippen molar-refractivity contribution in [1.29, 1.82) is 0 Å². The molecule has 1 aliphatic rings. The van der Waals surface area contributed by atoms with Crippen LogP contribution < -0.4 is 0 Å². The van der Waals surface area contributed by atoms with Crippen molar-refractivity contribution in [2.24, 2.45) is 0 Å². The molecule has 3 heteroatoms. The van der Waals surface area contributed by atoms with Gasteiger partial charge in [0.05, 0.1) is 6.10 Å². The minimum Gasteiger partial charge on any atom is -0.388 e. The molecule has 1 unspecified atom stereocenters. The van der Waals surface area contributed by atoms with E-state index in [1.165, 1.54) is 5.56 Å². The number of benzene rings is 1. The summed E-state index contributed by atoms with van der Waals surface area (Å²) in [7, 11) is 0. The van der Waals surface area contributed by atoms with Gasteiger partial charge in [0.2, 0.25) is 0 Å². The molecule has 0 aliphatic carbocycles. The summed E-state index contributed by atoms with van der Waals surface area (Å²) >= 11 is 5.45. The molecule has 0 bridgehead atoms. The molecule has 0 fully saturated rings. The Bertz CT molecular complexity index is 340. The van der Waals surface area contributed by atoms with Gasteiger partial charge in [0, 0.05) is 15.5 Å². The minimum absolute atomic E-state index is 0.299. The molecule has 0 radical (unpaired) electrons. The molecule has 0 saturated carbocycles. The lowest BCUT2D eigenvalue weighted by Crippen LogP contribution is -2.03. The SMILES string of the molecule is CC1C[C@H](O)c2cccc(Br)c2CS1. The summed E-state index contributed by atoms with van der Waals surface area (Å²) in [6, 6.07) is 6.07. The quantitative estimate of drug-likeness (QED) is 0.780. The number of aliphatic hydroxyl groups excluding tert-OH is 1. The molecule has 1 aliphatic heterocycles. The van der Waals surface area contributed by atoms with E-state index in [4.69, 9.17) is 0 Å². The fourth-order valence-corrected chi connectivity index (χ4v) is 3.57. The molecular weight excluding hydrogens is 260 g/mol. The number of thioether (sulfide) groups is 1. The van der Waals surface area contributed by atoms with Crippen molar-refractivity contribution in [3.8, 4) is 0 Å². The molecule has 76 valence electrons. The third kappa shape index (κ3) is 2.00. The topological polar surface area (TPSA) is 20.2 Å². The molecule has 0 saturated heterocycles. The van der Waals surface area contributed by atoms with Gasteiger partial charge >= 0.3 is 0 Å². The van der Waals surface area contributed by atoms with Crippen LogP contribution in [0.2, 0.25) is 0 Å². The summed E-state index contributed by atoms with van der Waals surface area (Å²) in [6.07, 6.45) is 0.557. The highest BCUT2D eigenvalue weighted by Crippen LogP contribution is 2.37. The smallest absolute Gasteiger partial charge is 0.0803 e. The highest BCUT2D eigenvalue weighted by atomic mass is 79.9. The summed E-state index contributed by atoms with van der Waals surface area (Å²) in [6.45, 7) is 2.17. The van der Waals surface area contributed by atoms with E-state index in [0.29, 0.717) is 5.25 Å². The monoisotopic (exact) mass is 272 g/mol. The maximum Gasteiger partial charge on any atom is 0.0803 e. The molecule has 1 aromatic rings. The summed E-state index contributed by atoms with van der Waals surface area (Å²) in [4.78, 5) is 0. The lowest BCUT2D eigenvalue weighted by atomic mass is 10.0. The first kappa shape index (κ1) is 10.5. The third-order valence-electron chi connectivity index (χ3n) is 2.58. The second-order valence-corrected chi connectivity index (χ2v) is 5.96. The van der Waals surface area contributed by atoms with Gasteiger partial charge in [0.15, 0.2) is 0 Å². The van der Waals surface area contributed by atoms with Crippen LogP contribution in [0.3, 0.4) is 0 Å². The first-order valence-corrected chi connectivity index (χ1v) is 6.59. The van der Waals surface area contributed by atoms with Crippen molar-refractivity contribution >= 4 is 27.7 Å². The molecule has 1 N–H and O–H groups in total. The zero-order valence-corrected chi connectivity index (χ0v) is 10.4.